The third kappa shape index (κ3) is 5.40. The van der Waals surface area contributed by atoms with Crippen molar-refractivity contribution in [2.75, 3.05) is 30.4 Å². The molecular weight excluding hydrogens is 436 g/mol. The van der Waals surface area contributed by atoms with Crippen LogP contribution >= 0.6 is 0 Å². The summed E-state index contributed by atoms with van der Waals surface area (Å²) >= 11 is 0. The first-order chi connectivity index (χ1) is 15.7. The van der Waals surface area contributed by atoms with Gasteiger partial charge >= 0.3 is 0 Å². The van der Waals surface area contributed by atoms with Crippen molar-refractivity contribution in [2.45, 2.75) is 25.1 Å². The first-order valence-corrected chi connectivity index (χ1v) is 12.8. The van der Waals surface area contributed by atoms with Gasteiger partial charge in [0.2, 0.25) is 0 Å². The normalized spacial score (nSPS) is 16.6. The third-order valence-corrected chi connectivity index (χ3v) is 7.60. The molecule has 0 bridgehead atoms. The Labute approximate surface area is 194 Å². The van der Waals surface area contributed by atoms with Crippen LogP contribution in [0.1, 0.15) is 27.9 Å². The number of carbonyl (C=O) groups excluding carboxylic acids is 1. The molecule has 0 radical (unpaired) electrons. The average Bonchev–Trinajstić information content (AvgIpc) is 3.25. The summed E-state index contributed by atoms with van der Waals surface area (Å²) in [5, 5.41) is 2.55. The van der Waals surface area contributed by atoms with Gasteiger partial charge in [0.1, 0.15) is 0 Å². The van der Waals surface area contributed by atoms with Crippen molar-refractivity contribution in [3.8, 4) is 11.3 Å². The predicted octanol–water partition coefficient (Wildman–Crippen LogP) is 3.51. The molecule has 2 aromatic carbocycles. The number of aromatic nitrogens is 1. The molecule has 8 heteroatoms. The summed E-state index contributed by atoms with van der Waals surface area (Å²) in [7, 11) is -3.00. The van der Waals surface area contributed by atoms with E-state index in [9.17, 15) is 13.2 Å². The Balaban J connectivity index is 1.43. The van der Waals surface area contributed by atoms with E-state index in [2.05, 4.69) is 21.3 Å². The van der Waals surface area contributed by atoms with Crippen molar-refractivity contribution in [1.29, 1.82) is 0 Å². The van der Waals surface area contributed by atoms with Crippen LogP contribution in [0.2, 0.25) is 0 Å². The fraction of sp³-hybridized carbons (Fsp3) is 0.280. The molecule has 0 aliphatic carbocycles. The van der Waals surface area contributed by atoms with E-state index in [-0.39, 0.29) is 11.2 Å². The van der Waals surface area contributed by atoms with Crippen molar-refractivity contribution in [3.63, 3.8) is 0 Å². The van der Waals surface area contributed by atoms with E-state index in [0.717, 1.165) is 28.9 Å². The molecule has 3 aromatic rings. The van der Waals surface area contributed by atoms with Crippen molar-refractivity contribution in [1.82, 2.24) is 9.88 Å². The minimum Gasteiger partial charge on any atom is -0.397 e. The summed E-state index contributed by atoms with van der Waals surface area (Å²) < 4.78 is 23.6. The zero-order chi connectivity index (χ0) is 23.6. The van der Waals surface area contributed by atoms with Crippen LogP contribution in [0.25, 0.3) is 11.3 Å². The number of amides is 1. The molecule has 3 N–H and O–H groups in total. The summed E-state index contributed by atoms with van der Waals surface area (Å²) in [6.07, 6.45) is 3.84. The predicted molar refractivity (Wildman–Crippen MR) is 132 cm³/mol. The molecular formula is C25H28N4O3S. The van der Waals surface area contributed by atoms with Gasteiger partial charge in [0.15, 0.2) is 9.84 Å². The number of nitrogens with one attached hydrogen (secondary N) is 1. The smallest absolute Gasteiger partial charge is 0.255 e. The van der Waals surface area contributed by atoms with Gasteiger partial charge in [-0.15, -0.1) is 0 Å². The van der Waals surface area contributed by atoms with Crippen LogP contribution in [0.5, 0.6) is 0 Å². The van der Waals surface area contributed by atoms with Crippen LogP contribution in [0.3, 0.4) is 0 Å². The maximum atomic E-state index is 12.6. The van der Waals surface area contributed by atoms with Crippen LogP contribution in [0.15, 0.2) is 60.8 Å². The Hall–Kier alpha value is -3.23. The molecule has 1 saturated heterocycles. The molecule has 1 fully saturated rings. The monoisotopic (exact) mass is 464 g/mol. The van der Waals surface area contributed by atoms with Crippen molar-refractivity contribution >= 4 is 27.1 Å². The van der Waals surface area contributed by atoms with E-state index in [1.165, 1.54) is 6.26 Å². The number of anilines is 2. The zero-order valence-corrected chi connectivity index (χ0v) is 19.6. The Kier molecular flexibility index (Phi) is 6.49. The molecule has 172 valence electrons. The maximum absolute atomic E-state index is 12.6. The van der Waals surface area contributed by atoms with Crippen LogP contribution < -0.4 is 11.1 Å². The van der Waals surface area contributed by atoms with Gasteiger partial charge in [-0.2, -0.15) is 0 Å². The number of para-hydroxylation sites is 2. The van der Waals surface area contributed by atoms with Crippen molar-refractivity contribution in [3.05, 3.63) is 77.5 Å². The van der Waals surface area contributed by atoms with Crippen LogP contribution in [-0.2, 0) is 16.4 Å². The van der Waals surface area contributed by atoms with E-state index in [4.69, 9.17) is 5.73 Å². The lowest BCUT2D eigenvalue weighted by Crippen LogP contribution is -2.26. The molecule has 0 saturated carbocycles. The number of nitrogens with zero attached hydrogens (tertiary/aromatic N) is 2. The molecule has 1 aliphatic heterocycles. The first-order valence-electron chi connectivity index (χ1n) is 10.8. The minimum atomic E-state index is -3.00. The quantitative estimate of drug-likeness (QED) is 0.541. The molecule has 33 heavy (non-hydrogen) atoms. The summed E-state index contributed by atoms with van der Waals surface area (Å²) in [5.41, 5.74) is 11.4. The summed E-state index contributed by atoms with van der Waals surface area (Å²) in [5.74, 6) is -0.225. The Morgan fingerprint density at radius 2 is 1.91 bits per heavy atom. The van der Waals surface area contributed by atoms with Gasteiger partial charge in [-0.25, -0.2) is 8.42 Å². The van der Waals surface area contributed by atoms with Gasteiger partial charge in [0.05, 0.1) is 22.3 Å². The van der Waals surface area contributed by atoms with E-state index in [1.807, 2.05) is 37.4 Å². The van der Waals surface area contributed by atoms with Crippen molar-refractivity contribution < 1.29 is 13.2 Å². The van der Waals surface area contributed by atoms with E-state index in [0.29, 0.717) is 36.4 Å². The summed E-state index contributed by atoms with van der Waals surface area (Å²) in [6, 6.07) is 16.5. The molecule has 7 nitrogen and oxygen atoms in total. The lowest BCUT2D eigenvalue weighted by molar-refractivity contribution is 0.102. The molecule has 1 atom stereocenters. The highest BCUT2D eigenvalue weighted by atomic mass is 32.2. The number of benzene rings is 2. The van der Waals surface area contributed by atoms with Gasteiger partial charge in [-0.1, -0.05) is 30.3 Å². The fourth-order valence-corrected chi connectivity index (χ4v) is 5.17. The number of hydrogen-bond acceptors (Lipinski definition) is 6. The molecule has 2 heterocycles. The molecule has 0 spiro atoms. The zero-order valence-electron chi connectivity index (χ0n) is 18.8. The number of sulfone groups is 1. The van der Waals surface area contributed by atoms with Crippen LogP contribution in [0.4, 0.5) is 11.4 Å². The van der Waals surface area contributed by atoms with Crippen molar-refractivity contribution in [2.24, 2.45) is 0 Å². The fourth-order valence-electron chi connectivity index (χ4n) is 4.15. The maximum Gasteiger partial charge on any atom is 0.255 e. The number of likely N-dealkylation sites (tertiary alicyclic amines) is 1. The highest BCUT2D eigenvalue weighted by Crippen LogP contribution is 2.25. The van der Waals surface area contributed by atoms with E-state index >= 15 is 0 Å². The molecule has 1 aromatic heterocycles. The lowest BCUT2D eigenvalue weighted by Gasteiger charge is -2.16. The van der Waals surface area contributed by atoms with Crippen LogP contribution in [-0.4, -0.2) is 48.8 Å². The molecule has 1 amide bonds. The highest BCUT2D eigenvalue weighted by Gasteiger charge is 2.29. The van der Waals surface area contributed by atoms with E-state index in [1.54, 1.807) is 24.3 Å². The molecule has 1 unspecified atom stereocenters. The SMILES string of the molecule is Cc1cc(CN2CCC(S(C)(=O)=O)C2)cnc1-c1ccc(C(=O)Nc2ccccc2N)cc1. The number of aryl methyl sites for hydroxylation is 1. The number of nitrogens with two attached hydrogens (primary N) is 1. The highest BCUT2D eigenvalue weighted by molar-refractivity contribution is 7.91. The second-order valence-corrected chi connectivity index (χ2v) is 10.9. The number of pyridine rings is 1. The summed E-state index contributed by atoms with van der Waals surface area (Å²) in [4.78, 5) is 19.4. The van der Waals surface area contributed by atoms with Gasteiger partial charge in [-0.3, -0.25) is 14.7 Å². The minimum absolute atomic E-state index is 0.225. The third-order valence-electron chi connectivity index (χ3n) is 6.01. The Bertz CT molecular complexity index is 1270. The number of hydrogen-bond donors (Lipinski definition) is 2. The first kappa shape index (κ1) is 22.9. The largest absolute Gasteiger partial charge is 0.397 e. The number of rotatable bonds is 6. The second kappa shape index (κ2) is 9.33. The van der Waals surface area contributed by atoms with Gasteiger partial charge in [-0.05, 0) is 55.3 Å². The molecule has 1 aliphatic rings. The van der Waals surface area contributed by atoms with Gasteiger partial charge in [0, 0.05) is 36.7 Å². The molecule has 4 rings (SSSR count). The second-order valence-electron chi connectivity index (χ2n) is 8.60. The Morgan fingerprint density at radius 3 is 2.55 bits per heavy atom. The average molecular weight is 465 g/mol. The van der Waals surface area contributed by atoms with Gasteiger partial charge < -0.3 is 11.1 Å². The van der Waals surface area contributed by atoms with Gasteiger partial charge in [0.25, 0.3) is 5.91 Å². The summed E-state index contributed by atoms with van der Waals surface area (Å²) in [6.45, 7) is 4.03. The Morgan fingerprint density at radius 1 is 1.18 bits per heavy atom. The number of carbonyl (C=O) groups is 1. The standard InChI is InChI=1S/C25H28N4O3S/c1-17-13-18(15-29-12-11-21(16-29)33(2,31)32)14-27-24(17)19-7-9-20(10-8-19)25(30)28-23-6-4-3-5-22(23)26/h3-10,13-14,21H,11-12,15-16,26H2,1-2H3,(H,28,30). The number of nitrogen functional groups attached to an aromatic ring is 1. The topological polar surface area (TPSA) is 105 Å². The van der Waals surface area contributed by atoms with Crippen LogP contribution in [0, 0.1) is 6.92 Å². The lowest BCUT2D eigenvalue weighted by atomic mass is 10.0. The van der Waals surface area contributed by atoms with E-state index < -0.39 is 9.84 Å².